The number of nitrogens with zero attached hydrogens (tertiary/aromatic N) is 3. The molecule has 0 fully saturated rings. The third-order valence-electron chi connectivity index (χ3n) is 4.78. The van der Waals surface area contributed by atoms with Crippen molar-refractivity contribution in [2.75, 3.05) is 13.2 Å². The van der Waals surface area contributed by atoms with Crippen LogP contribution in [0.1, 0.15) is 39.8 Å². The van der Waals surface area contributed by atoms with Crippen molar-refractivity contribution in [2.45, 2.75) is 45.1 Å². The molecular formula is C20H19F6N3O5. The summed E-state index contributed by atoms with van der Waals surface area (Å²) in [4.78, 5) is 25.4. The van der Waals surface area contributed by atoms with Gasteiger partial charge in [-0.3, -0.25) is 9.58 Å². The van der Waals surface area contributed by atoms with Gasteiger partial charge >= 0.3 is 24.4 Å². The Bertz CT molecular complexity index is 1030. The van der Waals surface area contributed by atoms with Crippen LogP contribution in [0, 0.1) is 0 Å². The number of fused-ring (bicyclic) bond motifs is 1. The van der Waals surface area contributed by atoms with E-state index in [1.165, 1.54) is 10.7 Å². The predicted molar refractivity (Wildman–Crippen MR) is 101 cm³/mol. The summed E-state index contributed by atoms with van der Waals surface area (Å²) in [5.74, 6) is -0.711. The van der Waals surface area contributed by atoms with Gasteiger partial charge in [0.05, 0.1) is 49.2 Å². The van der Waals surface area contributed by atoms with E-state index in [1.54, 1.807) is 6.92 Å². The highest BCUT2D eigenvalue weighted by atomic mass is 19.4. The first-order valence-corrected chi connectivity index (χ1v) is 9.90. The maximum absolute atomic E-state index is 13.0. The Morgan fingerprint density at radius 1 is 1.03 bits per heavy atom. The Hall–Kier alpha value is -3.29. The quantitative estimate of drug-likeness (QED) is 0.515. The molecule has 186 valence electrons. The van der Waals surface area contributed by atoms with Crippen LogP contribution in [-0.4, -0.2) is 51.1 Å². The minimum absolute atomic E-state index is 0.0290. The number of esters is 1. The average Bonchev–Trinajstić information content (AvgIpc) is 3.05. The van der Waals surface area contributed by atoms with Crippen molar-refractivity contribution < 1.29 is 50.5 Å². The summed E-state index contributed by atoms with van der Waals surface area (Å²) in [5, 5.41) is 14.2. The zero-order valence-corrected chi connectivity index (χ0v) is 17.6. The molecule has 0 saturated heterocycles. The second kappa shape index (κ2) is 9.52. The van der Waals surface area contributed by atoms with Crippen LogP contribution < -0.4 is 0 Å². The molecule has 0 aliphatic carbocycles. The third kappa shape index (κ3) is 5.98. The second-order valence-electron chi connectivity index (χ2n) is 7.43. The number of aromatic nitrogens is 2. The molecule has 34 heavy (non-hydrogen) atoms. The molecule has 1 aliphatic heterocycles. The van der Waals surface area contributed by atoms with E-state index >= 15 is 0 Å². The van der Waals surface area contributed by atoms with Gasteiger partial charge in [0.15, 0.2) is 5.69 Å². The zero-order valence-electron chi connectivity index (χ0n) is 17.6. The summed E-state index contributed by atoms with van der Waals surface area (Å²) in [5.41, 5.74) is -3.29. The first-order chi connectivity index (χ1) is 15.8. The number of aliphatic hydroxyl groups excluding tert-OH is 1. The number of rotatable bonds is 4. The number of β-amino-alcohol motifs (C(OH)–C–C–N with tert-alkyl or cyclic N) is 1. The minimum Gasteiger partial charge on any atom is -0.461 e. The lowest BCUT2D eigenvalue weighted by Gasteiger charge is -2.21. The average molecular weight is 495 g/mol. The van der Waals surface area contributed by atoms with Gasteiger partial charge in [0, 0.05) is 0 Å². The molecule has 1 aromatic carbocycles. The first kappa shape index (κ1) is 25.3. The fourth-order valence-electron chi connectivity index (χ4n) is 3.30. The molecule has 0 bridgehead atoms. The number of carbonyl (C=O) groups is 2. The number of hydrogen-bond acceptors (Lipinski definition) is 6. The molecule has 1 unspecified atom stereocenters. The topological polar surface area (TPSA) is 93.9 Å². The van der Waals surface area contributed by atoms with Crippen LogP contribution in [0.5, 0.6) is 0 Å². The van der Waals surface area contributed by atoms with Gasteiger partial charge in [0.1, 0.15) is 6.61 Å². The van der Waals surface area contributed by atoms with Gasteiger partial charge in [-0.2, -0.15) is 31.4 Å². The summed E-state index contributed by atoms with van der Waals surface area (Å²) in [6.07, 6.45) is -12.3. The number of aliphatic hydroxyl groups is 1. The third-order valence-corrected chi connectivity index (χ3v) is 4.78. The van der Waals surface area contributed by atoms with E-state index in [0.717, 1.165) is 4.90 Å². The Morgan fingerprint density at radius 3 is 2.21 bits per heavy atom. The molecule has 1 aliphatic rings. The lowest BCUT2D eigenvalue weighted by Crippen LogP contribution is -2.36. The maximum Gasteiger partial charge on any atom is 0.416 e. The smallest absolute Gasteiger partial charge is 0.416 e. The van der Waals surface area contributed by atoms with Gasteiger partial charge in [-0.05, 0) is 36.8 Å². The van der Waals surface area contributed by atoms with E-state index in [0.29, 0.717) is 17.8 Å². The van der Waals surface area contributed by atoms with Gasteiger partial charge in [0.25, 0.3) is 0 Å². The van der Waals surface area contributed by atoms with E-state index in [9.17, 15) is 41.0 Å². The zero-order chi connectivity index (χ0) is 25.3. The van der Waals surface area contributed by atoms with Crippen molar-refractivity contribution >= 4 is 12.1 Å². The van der Waals surface area contributed by atoms with Crippen LogP contribution in [0.15, 0.2) is 24.3 Å². The number of hydrogen-bond donors (Lipinski definition) is 1. The molecule has 2 aromatic rings. The molecule has 1 amide bonds. The molecule has 1 aromatic heterocycles. The number of halogens is 6. The molecule has 1 N–H and O–H groups in total. The van der Waals surface area contributed by atoms with Gasteiger partial charge < -0.3 is 14.6 Å². The SMILES string of the molecule is CCOC(=O)c1cc2n(n1)CC(O)CN(C(=O)OCc1cc(C(F)(F)F)cc(C(F)(F)F)c1)C2. The largest absolute Gasteiger partial charge is 0.461 e. The van der Waals surface area contributed by atoms with Crippen molar-refractivity contribution in [3.8, 4) is 0 Å². The Labute approximate surface area is 188 Å². The number of carbonyl (C=O) groups excluding carboxylic acids is 2. The fourth-order valence-corrected chi connectivity index (χ4v) is 3.30. The van der Waals surface area contributed by atoms with E-state index in [4.69, 9.17) is 9.47 Å². The Morgan fingerprint density at radius 2 is 1.65 bits per heavy atom. The number of amides is 1. The summed E-state index contributed by atoms with van der Waals surface area (Å²) in [7, 11) is 0. The Balaban J connectivity index is 1.76. The molecule has 3 rings (SSSR count). The summed E-state index contributed by atoms with van der Waals surface area (Å²) in [6.45, 7) is 0.342. The molecule has 8 nitrogen and oxygen atoms in total. The van der Waals surface area contributed by atoms with Gasteiger partial charge in [0.2, 0.25) is 0 Å². The van der Waals surface area contributed by atoms with Crippen LogP contribution in [0.4, 0.5) is 31.1 Å². The fraction of sp³-hybridized carbons (Fsp3) is 0.450. The molecule has 0 saturated carbocycles. The van der Waals surface area contributed by atoms with Crippen molar-refractivity contribution in [3.63, 3.8) is 0 Å². The Kier molecular flexibility index (Phi) is 7.10. The molecule has 2 heterocycles. The van der Waals surface area contributed by atoms with Crippen LogP contribution >= 0.6 is 0 Å². The molecular weight excluding hydrogens is 476 g/mol. The van der Waals surface area contributed by atoms with Crippen LogP contribution in [0.3, 0.4) is 0 Å². The highest BCUT2D eigenvalue weighted by Crippen LogP contribution is 2.36. The maximum atomic E-state index is 13.0. The highest BCUT2D eigenvalue weighted by molar-refractivity contribution is 5.87. The van der Waals surface area contributed by atoms with Crippen molar-refractivity contribution in [1.82, 2.24) is 14.7 Å². The summed E-state index contributed by atoms with van der Waals surface area (Å²) >= 11 is 0. The molecule has 0 spiro atoms. The van der Waals surface area contributed by atoms with Crippen molar-refractivity contribution in [1.29, 1.82) is 0 Å². The number of alkyl halides is 6. The number of ether oxygens (including phenoxy) is 2. The van der Waals surface area contributed by atoms with Gasteiger partial charge in [-0.15, -0.1) is 0 Å². The molecule has 1 atom stereocenters. The van der Waals surface area contributed by atoms with Crippen molar-refractivity contribution in [2.24, 2.45) is 0 Å². The van der Waals surface area contributed by atoms with Gasteiger partial charge in [-0.1, -0.05) is 0 Å². The highest BCUT2D eigenvalue weighted by Gasteiger charge is 2.37. The van der Waals surface area contributed by atoms with Crippen LogP contribution in [0.25, 0.3) is 0 Å². The summed E-state index contributed by atoms with van der Waals surface area (Å²) < 4.78 is 89.1. The van der Waals surface area contributed by atoms with E-state index in [-0.39, 0.29) is 38.0 Å². The normalized spacial score (nSPS) is 16.6. The first-order valence-electron chi connectivity index (χ1n) is 9.90. The molecule has 14 heteroatoms. The second-order valence-corrected chi connectivity index (χ2v) is 7.43. The minimum atomic E-state index is -5.04. The van der Waals surface area contributed by atoms with Crippen LogP contribution in [0.2, 0.25) is 0 Å². The molecule has 0 radical (unpaired) electrons. The van der Waals surface area contributed by atoms with E-state index in [1.807, 2.05) is 0 Å². The lowest BCUT2D eigenvalue weighted by molar-refractivity contribution is -0.143. The van der Waals surface area contributed by atoms with Crippen molar-refractivity contribution in [3.05, 3.63) is 52.3 Å². The summed E-state index contributed by atoms with van der Waals surface area (Å²) in [6, 6.07) is 2.23. The lowest BCUT2D eigenvalue weighted by atomic mass is 10.1. The van der Waals surface area contributed by atoms with E-state index < -0.39 is 53.8 Å². The van der Waals surface area contributed by atoms with E-state index in [2.05, 4.69) is 5.10 Å². The predicted octanol–water partition coefficient (Wildman–Crippen LogP) is 3.61. The van der Waals surface area contributed by atoms with Crippen LogP contribution in [-0.2, 0) is 41.5 Å². The standard InChI is InChI=1S/C20H19F6N3O5/c1-2-33-17(31)16-6-14-7-28(8-15(30)9-29(14)27-16)18(32)34-10-11-3-12(19(21,22)23)5-13(4-11)20(24,25)26/h3-6,15,30H,2,7-10H2,1H3. The van der Waals surface area contributed by atoms with Gasteiger partial charge in [-0.25, -0.2) is 9.59 Å². The monoisotopic (exact) mass is 495 g/mol. The number of benzene rings is 1.